The van der Waals surface area contributed by atoms with Crippen LogP contribution < -0.4 is 5.73 Å². The molecule has 0 heterocycles. The van der Waals surface area contributed by atoms with Gasteiger partial charge >= 0.3 is 0 Å². The van der Waals surface area contributed by atoms with Crippen molar-refractivity contribution < 1.29 is 0 Å². The summed E-state index contributed by atoms with van der Waals surface area (Å²) in [5.74, 6) is 0. The van der Waals surface area contributed by atoms with Crippen molar-refractivity contribution in [1.29, 1.82) is 0 Å². The molecule has 0 amide bonds. The van der Waals surface area contributed by atoms with Crippen LogP contribution in [0.3, 0.4) is 0 Å². The molecule has 2 aromatic carbocycles. The molecule has 2 aromatic rings. The molecule has 0 saturated heterocycles. The molecule has 106 valence electrons. The van der Waals surface area contributed by atoms with Crippen molar-refractivity contribution in [2.24, 2.45) is 0 Å². The molecular formula is C17H21ClN2. The lowest BCUT2D eigenvalue weighted by molar-refractivity contribution is 0.257. The zero-order chi connectivity index (χ0) is 14.4. The fourth-order valence-electron chi connectivity index (χ4n) is 2.35. The quantitative estimate of drug-likeness (QED) is 0.802. The lowest BCUT2D eigenvalue weighted by Gasteiger charge is -2.22. The van der Waals surface area contributed by atoms with Gasteiger partial charge in [0.05, 0.1) is 0 Å². The summed E-state index contributed by atoms with van der Waals surface area (Å²) in [6.07, 6.45) is 1.12. The third-order valence-electron chi connectivity index (χ3n) is 3.25. The maximum absolute atomic E-state index is 6.25. The minimum absolute atomic E-state index is 0.816. The van der Waals surface area contributed by atoms with Gasteiger partial charge in [-0.2, -0.15) is 0 Å². The number of anilines is 1. The molecule has 0 aliphatic carbocycles. The zero-order valence-corrected chi connectivity index (χ0v) is 12.6. The van der Waals surface area contributed by atoms with Crippen LogP contribution in [0, 0.1) is 0 Å². The van der Waals surface area contributed by atoms with Crippen LogP contribution in [0.5, 0.6) is 0 Å². The summed E-state index contributed by atoms with van der Waals surface area (Å²) in [6.45, 7) is 4.99. The van der Waals surface area contributed by atoms with Crippen LogP contribution in [0.1, 0.15) is 24.5 Å². The molecule has 0 spiro atoms. The van der Waals surface area contributed by atoms with E-state index in [0.717, 1.165) is 36.8 Å². The largest absolute Gasteiger partial charge is 0.399 e. The predicted octanol–water partition coefficient (Wildman–Crippen LogP) is 4.33. The highest BCUT2D eigenvalue weighted by Gasteiger charge is 2.08. The Morgan fingerprint density at radius 3 is 2.55 bits per heavy atom. The van der Waals surface area contributed by atoms with E-state index in [1.165, 1.54) is 11.1 Å². The predicted molar refractivity (Wildman–Crippen MR) is 86.7 cm³/mol. The second-order valence-electron chi connectivity index (χ2n) is 5.05. The summed E-state index contributed by atoms with van der Waals surface area (Å²) in [5.41, 5.74) is 9.08. The molecule has 0 saturated carbocycles. The van der Waals surface area contributed by atoms with E-state index >= 15 is 0 Å². The molecule has 2 N–H and O–H groups in total. The van der Waals surface area contributed by atoms with Gasteiger partial charge in [-0.1, -0.05) is 48.9 Å². The molecule has 0 radical (unpaired) electrons. The third kappa shape index (κ3) is 4.26. The van der Waals surface area contributed by atoms with Gasteiger partial charge in [0.15, 0.2) is 0 Å². The first kappa shape index (κ1) is 14.9. The Balaban J connectivity index is 2.09. The van der Waals surface area contributed by atoms with Gasteiger partial charge < -0.3 is 5.73 Å². The van der Waals surface area contributed by atoms with Gasteiger partial charge in [-0.15, -0.1) is 0 Å². The van der Waals surface area contributed by atoms with Crippen LogP contribution in [-0.4, -0.2) is 11.4 Å². The first-order valence-corrected chi connectivity index (χ1v) is 7.37. The van der Waals surface area contributed by atoms with E-state index in [9.17, 15) is 0 Å². The lowest BCUT2D eigenvalue weighted by Crippen LogP contribution is -2.23. The molecule has 2 rings (SSSR count). The van der Waals surface area contributed by atoms with Crippen LogP contribution in [-0.2, 0) is 13.1 Å². The number of rotatable bonds is 6. The van der Waals surface area contributed by atoms with Crippen LogP contribution in [0.25, 0.3) is 0 Å². The number of benzene rings is 2. The topological polar surface area (TPSA) is 29.3 Å². The maximum atomic E-state index is 6.25. The van der Waals surface area contributed by atoms with Crippen LogP contribution in [0.2, 0.25) is 5.02 Å². The van der Waals surface area contributed by atoms with Crippen LogP contribution >= 0.6 is 11.6 Å². The molecular weight excluding hydrogens is 268 g/mol. The van der Waals surface area contributed by atoms with Gasteiger partial charge in [0.2, 0.25) is 0 Å². The normalized spacial score (nSPS) is 10.9. The van der Waals surface area contributed by atoms with E-state index in [0.29, 0.717) is 0 Å². The van der Waals surface area contributed by atoms with E-state index in [-0.39, 0.29) is 0 Å². The number of nitrogens with two attached hydrogens (primary N) is 1. The van der Waals surface area contributed by atoms with Gasteiger partial charge in [-0.05, 0) is 42.3 Å². The standard InChI is InChI=1S/C17H21ClN2/c1-2-10-20(12-14-6-5-8-16(19)11-14)13-15-7-3-4-9-17(15)18/h3-9,11H,2,10,12-13,19H2,1H3. The molecule has 0 unspecified atom stereocenters. The molecule has 0 bridgehead atoms. The molecule has 20 heavy (non-hydrogen) atoms. The van der Waals surface area contributed by atoms with Crippen molar-refractivity contribution in [3.05, 3.63) is 64.7 Å². The highest BCUT2D eigenvalue weighted by molar-refractivity contribution is 6.31. The summed E-state index contributed by atoms with van der Waals surface area (Å²) in [5, 5.41) is 0.834. The van der Waals surface area contributed by atoms with Crippen LogP contribution in [0.4, 0.5) is 5.69 Å². The second-order valence-corrected chi connectivity index (χ2v) is 5.45. The van der Waals surface area contributed by atoms with E-state index < -0.39 is 0 Å². The summed E-state index contributed by atoms with van der Waals surface area (Å²) in [6, 6.07) is 16.1. The first-order chi connectivity index (χ1) is 9.69. The average Bonchev–Trinajstić information content (AvgIpc) is 2.42. The molecule has 0 aromatic heterocycles. The van der Waals surface area contributed by atoms with Gasteiger partial charge in [-0.3, -0.25) is 4.90 Å². The Kier molecular flexibility index (Phi) is 5.45. The van der Waals surface area contributed by atoms with Crippen molar-refractivity contribution in [2.45, 2.75) is 26.4 Å². The molecule has 0 fully saturated rings. The molecule has 3 heteroatoms. The first-order valence-electron chi connectivity index (χ1n) is 6.99. The molecule has 0 aliphatic rings. The second kappa shape index (κ2) is 7.32. The fourth-order valence-corrected chi connectivity index (χ4v) is 2.54. The van der Waals surface area contributed by atoms with E-state index in [2.05, 4.69) is 24.0 Å². The Bertz CT molecular complexity index is 554. The summed E-state index contributed by atoms with van der Waals surface area (Å²) >= 11 is 6.25. The van der Waals surface area contributed by atoms with Crippen LogP contribution in [0.15, 0.2) is 48.5 Å². The molecule has 0 aliphatic heterocycles. The third-order valence-corrected chi connectivity index (χ3v) is 3.62. The van der Waals surface area contributed by atoms with E-state index in [1.807, 2.05) is 36.4 Å². The van der Waals surface area contributed by atoms with Gasteiger partial charge in [0.1, 0.15) is 0 Å². The minimum Gasteiger partial charge on any atom is -0.399 e. The highest BCUT2D eigenvalue weighted by atomic mass is 35.5. The van der Waals surface area contributed by atoms with Crippen molar-refractivity contribution in [2.75, 3.05) is 12.3 Å². The Morgan fingerprint density at radius 2 is 1.85 bits per heavy atom. The Labute approximate surface area is 126 Å². The number of hydrogen-bond donors (Lipinski definition) is 1. The summed E-state index contributed by atoms with van der Waals surface area (Å²) < 4.78 is 0. The lowest BCUT2D eigenvalue weighted by atomic mass is 10.1. The SMILES string of the molecule is CCCN(Cc1cccc(N)c1)Cc1ccccc1Cl. The number of hydrogen-bond acceptors (Lipinski definition) is 2. The van der Waals surface area contributed by atoms with Gasteiger partial charge in [0, 0.05) is 23.8 Å². The Hall–Kier alpha value is -1.51. The van der Waals surface area contributed by atoms with Crippen molar-refractivity contribution in [1.82, 2.24) is 4.90 Å². The monoisotopic (exact) mass is 288 g/mol. The smallest absolute Gasteiger partial charge is 0.0451 e. The van der Waals surface area contributed by atoms with Gasteiger partial charge in [0.25, 0.3) is 0 Å². The fraction of sp³-hybridized carbons (Fsp3) is 0.294. The maximum Gasteiger partial charge on any atom is 0.0451 e. The average molecular weight is 289 g/mol. The minimum atomic E-state index is 0.816. The summed E-state index contributed by atoms with van der Waals surface area (Å²) in [4.78, 5) is 2.40. The summed E-state index contributed by atoms with van der Waals surface area (Å²) in [7, 11) is 0. The number of nitrogens with zero attached hydrogens (tertiary/aromatic N) is 1. The number of halogens is 1. The zero-order valence-electron chi connectivity index (χ0n) is 11.8. The van der Waals surface area contributed by atoms with E-state index in [4.69, 9.17) is 17.3 Å². The molecule has 0 atom stereocenters. The molecule has 2 nitrogen and oxygen atoms in total. The van der Waals surface area contributed by atoms with Crippen molar-refractivity contribution in [3.8, 4) is 0 Å². The van der Waals surface area contributed by atoms with Crippen molar-refractivity contribution in [3.63, 3.8) is 0 Å². The van der Waals surface area contributed by atoms with Gasteiger partial charge in [-0.25, -0.2) is 0 Å². The van der Waals surface area contributed by atoms with E-state index in [1.54, 1.807) is 0 Å². The Morgan fingerprint density at radius 1 is 1.05 bits per heavy atom. The highest BCUT2D eigenvalue weighted by Crippen LogP contribution is 2.19. The van der Waals surface area contributed by atoms with Crippen molar-refractivity contribution >= 4 is 17.3 Å². The number of nitrogen functional groups attached to an aromatic ring is 1.